The van der Waals surface area contributed by atoms with Crippen molar-refractivity contribution in [1.82, 2.24) is 19.5 Å². The molecular weight excluding hydrogens is 222 g/mol. The molecule has 0 aromatic carbocycles. The van der Waals surface area contributed by atoms with E-state index in [1.54, 1.807) is 11.6 Å². The van der Waals surface area contributed by atoms with Gasteiger partial charge in [0, 0.05) is 7.05 Å². The highest BCUT2D eigenvalue weighted by Gasteiger charge is 2.13. The molecule has 0 aliphatic heterocycles. The predicted octanol–water partition coefficient (Wildman–Crippen LogP) is 0.474. The monoisotopic (exact) mass is 227 g/mol. The van der Waals surface area contributed by atoms with Crippen molar-refractivity contribution < 1.29 is 9.53 Å². The van der Waals surface area contributed by atoms with Gasteiger partial charge in [-0.25, -0.2) is 9.78 Å². The van der Waals surface area contributed by atoms with E-state index < -0.39 is 6.09 Å². The molecule has 2 rings (SSSR count). The van der Waals surface area contributed by atoms with Gasteiger partial charge in [-0.15, -0.1) is 0 Å². The summed E-state index contributed by atoms with van der Waals surface area (Å²) in [6.07, 6.45) is 0.528. The second kappa shape index (κ2) is 3.35. The zero-order valence-electron chi connectivity index (χ0n) is 7.64. The van der Waals surface area contributed by atoms with Gasteiger partial charge in [0.25, 0.3) is 5.88 Å². The second-order valence-electron chi connectivity index (χ2n) is 2.75. The molecule has 78 valence electrons. The molecule has 2 aromatic heterocycles. The van der Waals surface area contributed by atoms with Gasteiger partial charge in [-0.2, -0.15) is 9.97 Å². The third-order valence-electron chi connectivity index (χ3n) is 1.70. The Bertz CT molecular complexity index is 537. The minimum Gasteiger partial charge on any atom is -0.389 e. The molecule has 0 spiro atoms. The van der Waals surface area contributed by atoms with Crippen LogP contribution >= 0.6 is 11.6 Å². The van der Waals surface area contributed by atoms with Gasteiger partial charge >= 0.3 is 6.09 Å². The number of imidazole rings is 1. The largest absolute Gasteiger partial charge is 0.411 e. The Kier molecular flexibility index (Phi) is 2.16. The van der Waals surface area contributed by atoms with Crippen LogP contribution in [0.3, 0.4) is 0 Å². The third-order valence-corrected chi connectivity index (χ3v) is 1.87. The van der Waals surface area contributed by atoms with Crippen molar-refractivity contribution in [2.24, 2.45) is 12.8 Å². The summed E-state index contributed by atoms with van der Waals surface area (Å²) in [5.74, 6) is -0.0434. The number of nitrogens with two attached hydrogens (primary N) is 1. The average molecular weight is 228 g/mol. The van der Waals surface area contributed by atoms with Gasteiger partial charge < -0.3 is 15.0 Å². The number of nitrogens with zero attached hydrogens (tertiary/aromatic N) is 4. The highest BCUT2D eigenvalue weighted by atomic mass is 35.5. The highest BCUT2D eigenvalue weighted by Crippen LogP contribution is 2.21. The van der Waals surface area contributed by atoms with Gasteiger partial charge in [0.05, 0.1) is 6.33 Å². The number of carbonyl (C=O) groups is 1. The maximum atomic E-state index is 10.6. The fourth-order valence-electron chi connectivity index (χ4n) is 1.12. The van der Waals surface area contributed by atoms with E-state index in [1.165, 1.54) is 6.33 Å². The number of halogens is 1. The van der Waals surface area contributed by atoms with E-state index in [9.17, 15) is 4.79 Å². The third kappa shape index (κ3) is 1.68. The first-order valence-corrected chi connectivity index (χ1v) is 4.27. The summed E-state index contributed by atoms with van der Waals surface area (Å²) >= 11 is 5.64. The molecule has 0 fully saturated rings. The summed E-state index contributed by atoms with van der Waals surface area (Å²) in [7, 11) is 1.73. The molecule has 0 bridgehead atoms. The van der Waals surface area contributed by atoms with E-state index in [0.717, 1.165) is 0 Å². The lowest BCUT2D eigenvalue weighted by Gasteiger charge is -2.00. The molecule has 0 aliphatic carbocycles. The maximum Gasteiger partial charge on any atom is 0.411 e. The SMILES string of the molecule is Cn1cnc2c(OC(N)=O)nc(Cl)nc21. The number of fused-ring (bicyclic) bond motifs is 1. The maximum absolute atomic E-state index is 10.6. The van der Waals surface area contributed by atoms with Crippen LogP contribution in [-0.2, 0) is 7.05 Å². The summed E-state index contributed by atoms with van der Waals surface area (Å²) in [6, 6.07) is 0. The summed E-state index contributed by atoms with van der Waals surface area (Å²) in [5.41, 5.74) is 5.67. The number of carbonyl (C=O) groups excluding carboxylic acids is 1. The van der Waals surface area contributed by atoms with Crippen LogP contribution in [0.1, 0.15) is 0 Å². The van der Waals surface area contributed by atoms with E-state index >= 15 is 0 Å². The van der Waals surface area contributed by atoms with Crippen molar-refractivity contribution in [3.63, 3.8) is 0 Å². The molecule has 8 heteroatoms. The Morgan fingerprint density at radius 2 is 2.33 bits per heavy atom. The minimum atomic E-state index is -0.975. The van der Waals surface area contributed by atoms with Gasteiger partial charge in [-0.1, -0.05) is 0 Å². The fourth-order valence-corrected chi connectivity index (χ4v) is 1.28. The lowest BCUT2D eigenvalue weighted by atomic mass is 10.5. The van der Waals surface area contributed by atoms with Crippen LogP contribution < -0.4 is 10.5 Å². The Morgan fingerprint density at radius 3 is 3.00 bits per heavy atom. The first-order valence-electron chi connectivity index (χ1n) is 3.90. The molecular formula is C7H6ClN5O2. The quantitative estimate of drug-likeness (QED) is 0.715. The van der Waals surface area contributed by atoms with Crippen LogP contribution in [0.5, 0.6) is 5.88 Å². The molecule has 2 aromatic rings. The number of aryl methyl sites for hydroxylation is 1. The second-order valence-corrected chi connectivity index (χ2v) is 3.08. The van der Waals surface area contributed by atoms with Crippen LogP contribution in [0.15, 0.2) is 6.33 Å². The first kappa shape index (κ1) is 9.66. The van der Waals surface area contributed by atoms with Crippen LogP contribution in [0.4, 0.5) is 4.79 Å². The van der Waals surface area contributed by atoms with Crippen LogP contribution in [0.25, 0.3) is 11.2 Å². The van der Waals surface area contributed by atoms with Gasteiger partial charge in [0.15, 0.2) is 11.2 Å². The molecule has 2 heterocycles. The van der Waals surface area contributed by atoms with Crippen molar-refractivity contribution in [2.75, 3.05) is 0 Å². The molecule has 0 radical (unpaired) electrons. The van der Waals surface area contributed by atoms with Crippen molar-refractivity contribution in [3.8, 4) is 5.88 Å². The van der Waals surface area contributed by atoms with E-state index in [1.807, 2.05) is 0 Å². The molecule has 7 nitrogen and oxygen atoms in total. The van der Waals surface area contributed by atoms with Gasteiger partial charge in [-0.05, 0) is 11.6 Å². The average Bonchev–Trinajstić information content (AvgIpc) is 2.47. The summed E-state index contributed by atoms with van der Waals surface area (Å²) in [5, 5.41) is -0.0395. The predicted molar refractivity (Wildman–Crippen MR) is 51.5 cm³/mol. The minimum absolute atomic E-state index is 0.0395. The van der Waals surface area contributed by atoms with E-state index in [-0.39, 0.29) is 11.2 Å². The van der Waals surface area contributed by atoms with Gasteiger partial charge in [-0.3, -0.25) is 0 Å². The lowest BCUT2D eigenvalue weighted by molar-refractivity contribution is 0.209. The molecule has 0 atom stereocenters. The number of aromatic nitrogens is 4. The molecule has 0 unspecified atom stereocenters. The molecule has 2 N–H and O–H groups in total. The Balaban J connectivity index is 2.66. The molecule has 1 amide bonds. The van der Waals surface area contributed by atoms with Crippen LogP contribution in [0.2, 0.25) is 5.28 Å². The summed E-state index contributed by atoms with van der Waals surface area (Å²) in [6.45, 7) is 0. The molecule has 0 saturated carbocycles. The van der Waals surface area contributed by atoms with E-state index in [0.29, 0.717) is 11.2 Å². The van der Waals surface area contributed by atoms with Crippen molar-refractivity contribution in [1.29, 1.82) is 0 Å². The fraction of sp³-hybridized carbons (Fsp3) is 0.143. The first-order chi connectivity index (χ1) is 7.08. The van der Waals surface area contributed by atoms with Crippen LogP contribution in [-0.4, -0.2) is 25.6 Å². The number of amides is 1. The summed E-state index contributed by atoms with van der Waals surface area (Å²) < 4.78 is 6.27. The van der Waals surface area contributed by atoms with Crippen molar-refractivity contribution in [2.45, 2.75) is 0 Å². The smallest absolute Gasteiger partial charge is 0.389 e. The Morgan fingerprint density at radius 1 is 1.60 bits per heavy atom. The summed E-state index contributed by atoms with van der Waals surface area (Å²) in [4.78, 5) is 22.2. The standard InChI is InChI=1S/C7H6ClN5O2/c1-13-2-10-3-4(13)11-6(8)12-5(3)15-7(9)14/h2H,1H3,(H2,9,14). The normalized spacial score (nSPS) is 10.5. The van der Waals surface area contributed by atoms with Crippen LogP contribution in [0, 0.1) is 0 Å². The lowest BCUT2D eigenvalue weighted by Crippen LogP contribution is -2.17. The Hall–Kier alpha value is -1.89. The van der Waals surface area contributed by atoms with Gasteiger partial charge in [0.1, 0.15) is 0 Å². The number of ether oxygens (including phenoxy) is 1. The number of primary amides is 1. The number of hydrogen-bond acceptors (Lipinski definition) is 5. The topological polar surface area (TPSA) is 95.9 Å². The Labute approximate surface area is 88.8 Å². The van der Waals surface area contributed by atoms with Crippen molar-refractivity contribution in [3.05, 3.63) is 11.6 Å². The number of rotatable bonds is 1. The zero-order valence-corrected chi connectivity index (χ0v) is 8.39. The van der Waals surface area contributed by atoms with E-state index in [2.05, 4.69) is 19.7 Å². The van der Waals surface area contributed by atoms with Crippen molar-refractivity contribution >= 4 is 28.9 Å². The number of hydrogen-bond donors (Lipinski definition) is 1. The van der Waals surface area contributed by atoms with Gasteiger partial charge in [0.2, 0.25) is 5.28 Å². The molecule has 0 aliphatic rings. The molecule has 0 saturated heterocycles. The van der Waals surface area contributed by atoms with E-state index in [4.69, 9.17) is 17.3 Å². The molecule has 15 heavy (non-hydrogen) atoms. The highest BCUT2D eigenvalue weighted by molar-refractivity contribution is 6.28. The zero-order chi connectivity index (χ0) is 11.0.